The van der Waals surface area contributed by atoms with Gasteiger partial charge in [-0.2, -0.15) is 5.26 Å². The molecule has 3 aromatic rings. The Hall–Kier alpha value is -3.15. The largest absolute Gasteiger partial charge is 0.493 e. The average Bonchev–Trinajstić information content (AvgIpc) is 3.12. The van der Waals surface area contributed by atoms with Crippen molar-refractivity contribution in [2.75, 3.05) is 7.11 Å². The second-order valence-electron chi connectivity index (χ2n) is 6.94. The third kappa shape index (κ3) is 3.94. The number of allylic oxidation sites excluding steroid dienone is 1. The van der Waals surface area contributed by atoms with E-state index in [1.54, 1.807) is 7.11 Å². The van der Waals surface area contributed by atoms with Crippen LogP contribution in [0, 0.1) is 18.3 Å². The van der Waals surface area contributed by atoms with E-state index in [-0.39, 0.29) is 5.88 Å². The van der Waals surface area contributed by atoms with E-state index >= 15 is 0 Å². The Morgan fingerprint density at radius 1 is 1.32 bits per heavy atom. The number of aromatic amines is 1. The van der Waals surface area contributed by atoms with Crippen molar-refractivity contribution in [3.8, 4) is 23.4 Å². The highest BCUT2D eigenvalue weighted by Crippen LogP contribution is 2.46. The van der Waals surface area contributed by atoms with Gasteiger partial charge in [0, 0.05) is 16.3 Å². The minimum absolute atomic E-state index is 0.0321. The predicted octanol–water partition coefficient (Wildman–Crippen LogP) is 4.94. The fourth-order valence-corrected chi connectivity index (χ4v) is 4.21. The van der Waals surface area contributed by atoms with E-state index in [0.717, 1.165) is 22.4 Å². The lowest BCUT2D eigenvalue weighted by Crippen LogP contribution is -2.21. The molecule has 158 valence electrons. The van der Waals surface area contributed by atoms with E-state index in [1.807, 2.05) is 43.3 Å². The summed E-state index contributed by atoms with van der Waals surface area (Å²) in [6.07, 6.45) is 0. The Morgan fingerprint density at radius 2 is 2.06 bits per heavy atom. The Morgan fingerprint density at radius 3 is 2.74 bits per heavy atom. The lowest BCUT2D eigenvalue weighted by molar-refractivity contribution is 0.282. The van der Waals surface area contributed by atoms with E-state index in [4.69, 9.17) is 31.5 Å². The lowest BCUT2D eigenvalue weighted by Gasteiger charge is -2.25. The molecule has 1 aliphatic heterocycles. The Kier molecular flexibility index (Phi) is 5.81. The van der Waals surface area contributed by atoms with Crippen LogP contribution in [0.4, 0.5) is 0 Å². The normalized spacial score (nSPS) is 15.1. The molecule has 0 saturated heterocycles. The number of aromatic nitrogens is 2. The van der Waals surface area contributed by atoms with Crippen molar-refractivity contribution in [1.82, 2.24) is 10.2 Å². The second kappa shape index (κ2) is 8.53. The topological polar surface area (TPSA) is 106 Å². The van der Waals surface area contributed by atoms with Crippen molar-refractivity contribution in [2.45, 2.75) is 19.4 Å². The number of nitrogens with zero attached hydrogens (tertiary/aromatic N) is 2. The summed E-state index contributed by atoms with van der Waals surface area (Å²) in [4.78, 5) is 0. The first kappa shape index (κ1) is 21.1. The molecule has 2 heterocycles. The van der Waals surface area contributed by atoms with Gasteiger partial charge in [-0.15, -0.1) is 5.10 Å². The van der Waals surface area contributed by atoms with Gasteiger partial charge < -0.3 is 19.9 Å². The molecule has 0 spiro atoms. The number of methoxy groups -OCH3 is 1. The molecular formula is C22H18BrClN4O3. The number of nitrogens with two attached hydrogens (primary N) is 1. The molecule has 0 amide bonds. The Bertz CT molecular complexity index is 1210. The molecule has 1 atom stereocenters. The maximum atomic E-state index is 9.75. The van der Waals surface area contributed by atoms with Gasteiger partial charge >= 0.3 is 0 Å². The monoisotopic (exact) mass is 500 g/mol. The van der Waals surface area contributed by atoms with Crippen LogP contribution in [0.1, 0.15) is 28.3 Å². The van der Waals surface area contributed by atoms with Crippen LogP contribution < -0.4 is 19.9 Å². The molecule has 0 radical (unpaired) electrons. The van der Waals surface area contributed by atoms with Crippen LogP contribution in [0.2, 0.25) is 5.02 Å². The summed E-state index contributed by atoms with van der Waals surface area (Å²) in [6.45, 7) is 2.21. The van der Waals surface area contributed by atoms with E-state index in [1.165, 1.54) is 0 Å². The molecule has 2 aromatic carbocycles. The predicted molar refractivity (Wildman–Crippen MR) is 119 cm³/mol. The molecule has 31 heavy (non-hydrogen) atoms. The highest BCUT2D eigenvalue weighted by Gasteiger charge is 2.35. The first-order chi connectivity index (χ1) is 14.9. The highest BCUT2D eigenvalue weighted by atomic mass is 79.9. The molecule has 0 bridgehead atoms. The SMILES string of the molecule is COc1cc([C@@H]2C(C#N)=C(N)Oc3n[nH]c(C)c32)cc(Br)c1OCc1ccc(Cl)cc1. The van der Waals surface area contributed by atoms with Gasteiger partial charge in [-0.1, -0.05) is 23.7 Å². The van der Waals surface area contributed by atoms with Gasteiger partial charge in [0.1, 0.15) is 18.2 Å². The minimum atomic E-state index is -0.456. The molecule has 0 aliphatic carbocycles. The molecular weight excluding hydrogens is 484 g/mol. The summed E-state index contributed by atoms with van der Waals surface area (Å²) >= 11 is 9.53. The summed E-state index contributed by atoms with van der Waals surface area (Å²) < 4.78 is 17.8. The van der Waals surface area contributed by atoms with Crippen LogP contribution in [-0.4, -0.2) is 17.3 Å². The van der Waals surface area contributed by atoms with Crippen molar-refractivity contribution in [3.05, 3.63) is 79.7 Å². The minimum Gasteiger partial charge on any atom is -0.493 e. The molecule has 0 unspecified atom stereocenters. The van der Waals surface area contributed by atoms with Crippen LogP contribution in [0.5, 0.6) is 17.4 Å². The summed E-state index contributed by atoms with van der Waals surface area (Å²) in [7, 11) is 1.56. The van der Waals surface area contributed by atoms with Crippen LogP contribution in [-0.2, 0) is 6.61 Å². The van der Waals surface area contributed by atoms with Gasteiger partial charge in [0.05, 0.1) is 17.5 Å². The molecule has 1 aliphatic rings. The zero-order valence-corrected chi connectivity index (χ0v) is 19.0. The number of hydrogen-bond acceptors (Lipinski definition) is 6. The number of fused-ring (bicyclic) bond motifs is 1. The van der Waals surface area contributed by atoms with Crippen molar-refractivity contribution in [1.29, 1.82) is 5.26 Å². The summed E-state index contributed by atoms with van der Waals surface area (Å²) in [6, 6.07) is 13.3. The van der Waals surface area contributed by atoms with Crippen LogP contribution in [0.15, 0.2) is 52.3 Å². The van der Waals surface area contributed by atoms with Gasteiger partial charge in [0.2, 0.25) is 11.8 Å². The number of nitriles is 1. The number of halogens is 2. The molecule has 0 fully saturated rings. The van der Waals surface area contributed by atoms with Gasteiger partial charge in [-0.3, -0.25) is 5.10 Å². The van der Waals surface area contributed by atoms with E-state index in [0.29, 0.717) is 39.1 Å². The fourth-order valence-electron chi connectivity index (χ4n) is 3.51. The number of benzene rings is 2. The standard InChI is InChI=1S/C22H18BrClN4O3/c1-11-18-19(15(9-25)21(26)31-22(18)28-27-11)13-7-16(23)20(17(8-13)29-2)30-10-12-3-5-14(24)6-4-12/h3-8,19H,10,26H2,1-2H3,(H,27,28)/t19-/m1/s1. The summed E-state index contributed by atoms with van der Waals surface area (Å²) in [5.41, 5.74) is 9.62. The number of aryl methyl sites for hydroxylation is 1. The average molecular weight is 502 g/mol. The van der Waals surface area contributed by atoms with Gasteiger partial charge in [0.25, 0.3) is 0 Å². The third-order valence-corrected chi connectivity index (χ3v) is 5.85. The van der Waals surface area contributed by atoms with E-state index in [9.17, 15) is 5.26 Å². The lowest BCUT2D eigenvalue weighted by atomic mass is 9.84. The summed E-state index contributed by atoms with van der Waals surface area (Å²) in [5.74, 6) is 1.00. The highest BCUT2D eigenvalue weighted by molar-refractivity contribution is 9.10. The molecule has 0 saturated carbocycles. The number of hydrogen-bond donors (Lipinski definition) is 2. The van der Waals surface area contributed by atoms with Crippen LogP contribution in [0.3, 0.4) is 0 Å². The van der Waals surface area contributed by atoms with Crippen molar-refractivity contribution < 1.29 is 14.2 Å². The number of ether oxygens (including phenoxy) is 3. The molecule has 9 heteroatoms. The first-order valence-electron chi connectivity index (χ1n) is 9.30. The second-order valence-corrected chi connectivity index (χ2v) is 8.23. The van der Waals surface area contributed by atoms with Crippen molar-refractivity contribution in [3.63, 3.8) is 0 Å². The van der Waals surface area contributed by atoms with E-state index in [2.05, 4.69) is 32.2 Å². The van der Waals surface area contributed by atoms with Crippen LogP contribution in [0.25, 0.3) is 0 Å². The Balaban J connectivity index is 1.73. The zero-order valence-electron chi connectivity index (χ0n) is 16.7. The number of nitrogens with one attached hydrogen (secondary N) is 1. The molecule has 1 aromatic heterocycles. The maximum Gasteiger partial charge on any atom is 0.244 e. The quantitative estimate of drug-likeness (QED) is 0.513. The molecule has 7 nitrogen and oxygen atoms in total. The number of H-pyrrole nitrogens is 1. The van der Waals surface area contributed by atoms with Gasteiger partial charge in [-0.25, -0.2) is 0 Å². The van der Waals surface area contributed by atoms with Crippen LogP contribution >= 0.6 is 27.5 Å². The maximum absolute atomic E-state index is 9.75. The smallest absolute Gasteiger partial charge is 0.244 e. The molecule has 4 rings (SSSR count). The molecule has 3 N–H and O–H groups in total. The van der Waals surface area contributed by atoms with Crippen molar-refractivity contribution in [2.24, 2.45) is 5.73 Å². The first-order valence-corrected chi connectivity index (χ1v) is 10.5. The zero-order chi connectivity index (χ0) is 22.1. The number of rotatable bonds is 5. The van der Waals surface area contributed by atoms with Crippen molar-refractivity contribution >= 4 is 27.5 Å². The summed E-state index contributed by atoms with van der Waals surface area (Å²) in [5, 5.41) is 17.5. The third-order valence-electron chi connectivity index (χ3n) is 5.01. The Labute approximate surface area is 192 Å². The fraction of sp³-hybridized carbons (Fsp3) is 0.182. The van der Waals surface area contributed by atoms with E-state index < -0.39 is 5.92 Å². The van der Waals surface area contributed by atoms with Gasteiger partial charge in [0.15, 0.2) is 11.5 Å². The van der Waals surface area contributed by atoms with Gasteiger partial charge in [-0.05, 0) is 58.2 Å².